The van der Waals surface area contributed by atoms with Gasteiger partial charge in [-0.25, -0.2) is 4.98 Å². The zero-order chi connectivity index (χ0) is 10.3. The highest BCUT2D eigenvalue weighted by atomic mass is 35.5. The van der Waals surface area contributed by atoms with Crippen molar-refractivity contribution in [3.63, 3.8) is 0 Å². The summed E-state index contributed by atoms with van der Waals surface area (Å²) in [5.74, 6) is 0. The fraction of sp³-hybridized carbons (Fsp3) is 0. The molecule has 4 nitrogen and oxygen atoms in total. The molecule has 0 unspecified atom stereocenters. The second kappa shape index (κ2) is 3.16. The zero-order valence-electron chi connectivity index (χ0n) is 6.64. The first-order valence-electron chi connectivity index (χ1n) is 3.50. The predicted octanol–water partition coefficient (Wildman–Crippen LogP) is 2.20. The minimum atomic E-state index is -4.14. The van der Waals surface area contributed by atoms with Crippen LogP contribution in [0.15, 0.2) is 22.4 Å². The summed E-state index contributed by atoms with van der Waals surface area (Å²) in [6.45, 7) is 0. The van der Waals surface area contributed by atoms with E-state index < -0.39 is 10.1 Å². The van der Waals surface area contributed by atoms with Gasteiger partial charge in [-0.3, -0.25) is 4.55 Å². The number of fused-ring (bicyclic) bond motifs is 1. The first-order valence-corrected chi connectivity index (χ1v) is 6.14. The van der Waals surface area contributed by atoms with Crippen molar-refractivity contribution >= 4 is 43.3 Å². The SMILES string of the molecule is O=S(=O)(O)c1cc2ccc(Cl)nc2s1. The lowest BCUT2D eigenvalue weighted by molar-refractivity contribution is 0.485. The van der Waals surface area contributed by atoms with Gasteiger partial charge in [-0.2, -0.15) is 8.42 Å². The van der Waals surface area contributed by atoms with Crippen molar-refractivity contribution in [3.8, 4) is 0 Å². The summed E-state index contributed by atoms with van der Waals surface area (Å²) in [7, 11) is -4.14. The lowest BCUT2D eigenvalue weighted by atomic mass is 10.4. The Labute approximate surface area is 88.9 Å². The Bertz CT molecular complexity index is 590. The van der Waals surface area contributed by atoms with Crippen LogP contribution in [0.3, 0.4) is 0 Å². The molecule has 0 aliphatic heterocycles. The summed E-state index contributed by atoms with van der Waals surface area (Å²) >= 11 is 6.51. The molecule has 2 aromatic heterocycles. The first kappa shape index (κ1) is 9.85. The molecule has 0 radical (unpaired) electrons. The Kier molecular flexibility index (Phi) is 2.23. The number of thiophene rings is 1. The van der Waals surface area contributed by atoms with E-state index in [4.69, 9.17) is 16.2 Å². The molecule has 2 rings (SSSR count). The number of pyridine rings is 1. The van der Waals surface area contributed by atoms with Gasteiger partial charge in [0, 0.05) is 5.39 Å². The van der Waals surface area contributed by atoms with Crippen molar-refractivity contribution in [2.24, 2.45) is 0 Å². The minimum absolute atomic E-state index is 0.123. The molecular formula is C7H4ClNO3S2. The van der Waals surface area contributed by atoms with Crippen molar-refractivity contribution < 1.29 is 13.0 Å². The summed E-state index contributed by atoms with van der Waals surface area (Å²) in [6, 6.07) is 4.57. The Hall–Kier alpha value is -0.690. The van der Waals surface area contributed by atoms with Crippen LogP contribution in [0.1, 0.15) is 0 Å². The van der Waals surface area contributed by atoms with Gasteiger partial charge in [0.15, 0.2) is 0 Å². The third-order valence-corrected chi connectivity index (χ3v) is 4.14. The maximum absolute atomic E-state index is 10.8. The monoisotopic (exact) mass is 249 g/mol. The standard InChI is InChI=1S/C7H4ClNO3S2/c8-5-2-1-4-3-6(14(10,11)12)13-7(4)9-5/h1-3H,(H,10,11,12). The molecule has 0 saturated carbocycles. The second-order valence-corrected chi connectivity index (χ2v) is 5.64. The molecule has 0 bridgehead atoms. The van der Waals surface area contributed by atoms with Crippen LogP contribution >= 0.6 is 22.9 Å². The van der Waals surface area contributed by atoms with Gasteiger partial charge in [-0.15, -0.1) is 11.3 Å². The molecule has 0 aromatic carbocycles. The Morgan fingerprint density at radius 1 is 1.43 bits per heavy atom. The topological polar surface area (TPSA) is 67.3 Å². The average molecular weight is 250 g/mol. The summed E-state index contributed by atoms with van der Waals surface area (Å²) in [5.41, 5.74) is 0. The first-order chi connectivity index (χ1) is 6.47. The van der Waals surface area contributed by atoms with Gasteiger partial charge in [0.05, 0.1) is 0 Å². The van der Waals surface area contributed by atoms with Gasteiger partial charge in [0.2, 0.25) is 0 Å². The number of halogens is 1. The number of hydrogen-bond donors (Lipinski definition) is 1. The fourth-order valence-corrected chi connectivity index (χ4v) is 2.90. The molecule has 0 fully saturated rings. The van der Waals surface area contributed by atoms with Crippen LogP contribution in [-0.4, -0.2) is 18.0 Å². The van der Waals surface area contributed by atoms with Crippen molar-refractivity contribution in [3.05, 3.63) is 23.4 Å². The van der Waals surface area contributed by atoms with Crippen molar-refractivity contribution in [2.75, 3.05) is 0 Å². The lowest BCUT2D eigenvalue weighted by Gasteiger charge is -1.87. The molecule has 0 saturated heterocycles. The molecule has 2 heterocycles. The van der Waals surface area contributed by atoms with E-state index in [1.54, 1.807) is 12.1 Å². The molecule has 7 heteroatoms. The van der Waals surface area contributed by atoms with Crippen LogP contribution in [0.4, 0.5) is 0 Å². The van der Waals surface area contributed by atoms with E-state index in [-0.39, 0.29) is 4.21 Å². The quantitative estimate of drug-likeness (QED) is 0.621. The van der Waals surface area contributed by atoms with Gasteiger partial charge < -0.3 is 0 Å². The van der Waals surface area contributed by atoms with Crippen LogP contribution < -0.4 is 0 Å². The fourth-order valence-electron chi connectivity index (χ4n) is 0.999. The zero-order valence-corrected chi connectivity index (χ0v) is 9.03. The Morgan fingerprint density at radius 3 is 2.79 bits per heavy atom. The highest BCUT2D eigenvalue weighted by Gasteiger charge is 2.14. The molecule has 74 valence electrons. The number of rotatable bonds is 1. The van der Waals surface area contributed by atoms with Crippen LogP contribution in [0.25, 0.3) is 10.2 Å². The second-order valence-electron chi connectivity index (χ2n) is 2.57. The van der Waals surface area contributed by atoms with E-state index in [9.17, 15) is 8.42 Å². The van der Waals surface area contributed by atoms with E-state index >= 15 is 0 Å². The largest absolute Gasteiger partial charge is 0.304 e. The summed E-state index contributed by atoms with van der Waals surface area (Å²) in [6.07, 6.45) is 0. The van der Waals surface area contributed by atoms with Crippen molar-refractivity contribution in [1.29, 1.82) is 0 Å². The minimum Gasteiger partial charge on any atom is -0.281 e. The lowest BCUT2D eigenvalue weighted by Crippen LogP contribution is -1.92. The van der Waals surface area contributed by atoms with Gasteiger partial charge in [0.25, 0.3) is 0 Å². The van der Waals surface area contributed by atoms with Crippen LogP contribution in [0, 0.1) is 0 Å². The highest BCUT2D eigenvalue weighted by molar-refractivity contribution is 7.88. The van der Waals surface area contributed by atoms with Crippen molar-refractivity contribution in [2.45, 2.75) is 4.21 Å². The Balaban J connectivity index is 2.75. The molecule has 2 aromatic rings. The van der Waals surface area contributed by atoms with Gasteiger partial charge in [-0.05, 0) is 18.2 Å². The van der Waals surface area contributed by atoms with Crippen LogP contribution in [-0.2, 0) is 10.1 Å². The predicted molar refractivity (Wildman–Crippen MR) is 54.4 cm³/mol. The summed E-state index contributed by atoms with van der Waals surface area (Å²) in [4.78, 5) is 4.41. The third-order valence-electron chi connectivity index (χ3n) is 1.58. The number of hydrogen-bond acceptors (Lipinski definition) is 4. The maximum atomic E-state index is 10.8. The van der Waals surface area contributed by atoms with Gasteiger partial charge in [-0.1, -0.05) is 11.6 Å². The van der Waals surface area contributed by atoms with Gasteiger partial charge in [0.1, 0.15) is 14.2 Å². The molecule has 0 spiro atoms. The van der Waals surface area contributed by atoms with E-state index in [0.717, 1.165) is 11.3 Å². The van der Waals surface area contributed by atoms with E-state index in [2.05, 4.69) is 4.98 Å². The molecular weight excluding hydrogens is 246 g/mol. The van der Waals surface area contributed by atoms with Crippen molar-refractivity contribution in [1.82, 2.24) is 4.98 Å². The highest BCUT2D eigenvalue weighted by Crippen LogP contribution is 2.28. The third kappa shape index (κ3) is 1.74. The average Bonchev–Trinajstić information content (AvgIpc) is 2.45. The Morgan fingerprint density at radius 2 is 2.14 bits per heavy atom. The summed E-state index contributed by atoms with van der Waals surface area (Å²) in [5, 5.41) is 0.938. The van der Waals surface area contributed by atoms with E-state index in [1.807, 2.05) is 0 Å². The smallest absolute Gasteiger partial charge is 0.281 e. The molecule has 14 heavy (non-hydrogen) atoms. The normalized spacial score (nSPS) is 12.1. The molecule has 0 atom stereocenters. The van der Waals surface area contributed by atoms with Crippen LogP contribution in [0.5, 0.6) is 0 Å². The maximum Gasteiger partial charge on any atom is 0.304 e. The molecule has 0 aliphatic rings. The molecule has 0 aliphatic carbocycles. The van der Waals surface area contributed by atoms with E-state index in [0.29, 0.717) is 15.4 Å². The van der Waals surface area contributed by atoms with Gasteiger partial charge >= 0.3 is 10.1 Å². The van der Waals surface area contributed by atoms with Crippen LogP contribution in [0.2, 0.25) is 5.15 Å². The van der Waals surface area contributed by atoms with E-state index in [1.165, 1.54) is 6.07 Å². The number of aromatic nitrogens is 1. The molecule has 1 N–H and O–H groups in total. The summed E-state index contributed by atoms with van der Waals surface area (Å²) < 4.78 is 30.2. The molecule has 0 amide bonds. The number of nitrogens with zero attached hydrogens (tertiary/aromatic N) is 1.